The van der Waals surface area contributed by atoms with E-state index in [-0.39, 0.29) is 6.04 Å². The molecule has 0 spiro atoms. The number of aliphatic imine (C=N–C) groups is 1. The average Bonchev–Trinajstić information content (AvgIpc) is 3.03. The van der Waals surface area contributed by atoms with E-state index in [2.05, 4.69) is 75.2 Å². The van der Waals surface area contributed by atoms with E-state index in [0.717, 1.165) is 0 Å². The van der Waals surface area contributed by atoms with Gasteiger partial charge in [0.25, 0.3) is 0 Å². The summed E-state index contributed by atoms with van der Waals surface area (Å²) in [4.78, 5) is 8.41. The largest absolute Gasteiger partial charge is 0.350 e. The zero-order valence-corrected chi connectivity index (χ0v) is 14.1. The third kappa shape index (κ3) is 3.71. The van der Waals surface area contributed by atoms with E-state index in [4.69, 9.17) is 4.52 Å². The van der Waals surface area contributed by atoms with Gasteiger partial charge in [0, 0.05) is 14.0 Å². The van der Waals surface area contributed by atoms with Gasteiger partial charge >= 0.3 is 0 Å². The number of nitrogens with zero attached hydrogens (tertiary/aromatic N) is 3. The van der Waals surface area contributed by atoms with Gasteiger partial charge in [-0.2, -0.15) is 4.98 Å². The standard InChI is InChI=1S/C18H21N5O/c1-12(15-9-8-14-6-4-5-7-16(14)10-15)21-18(19-3)20-11-17-22-13(2)24-23-17/h4-10,12H,11H2,1-3H3,(H2,19,20,21). The van der Waals surface area contributed by atoms with Crippen molar-refractivity contribution in [1.82, 2.24) is 20.8 Å². The van der Waals surface area contributed by atoms with Crippen LogP contribution in [0.3, 0.4) is 0 Å². The fraction of sp³-hybridized carbons (Fsp3) is 0.278. The van der Waals surface area contributed by atoms with Crippen LogP contribution in [-0.4, -0.2) is 23.1 Å². The second kappa shape index (κ2) is 7.12. The summed E-state index contributed by atoms with van der Waals surface area (Å²) >= 11 is 0. The van der Waals surface area contributed by atoms with Gasteiger partial charge in [0.1, 0.15) is 0 Å². The second-order valence-electron chi connectivity index (χ2n) is 5.63. The van der Waals surface area contributed by atoms with Crippen LogP contribution in [0.4, 0.5) is 0 Å². The van der Waals surface area contributed by atoms with Crippen molar-refractivity contribution < 1.29 is 4.52 Å². The summed E-state index contributed by atoms with van der Waals surface area (Å²) in [5.74, 6) is 1.85. The Balaban J connectivity index is 1.65. The maximum Gasteiger partial charge on any atom is 0.223 e. The molecule has 0 aliphatic rings. The van der Waals surface area contributed by atoms with E-state index in [1.165, 1.54) is 16.3 Å². The number of hydrogen-bond acceptors (Lipinski definition) is 4. The normalized spacial score (nSPS) is 13.0. The van der Waals surface area contributed by atoms with E-state index < -0.39 is 0 Å². The fourth-order valence-electron chi connectivity index (χ4n) is 2.54. The van der Waals surface area contributed by atoms with Crippen LogP contribution in [0.2, 0.25) is 0 Å². The van der Waals surface area contributed by atoms with E-state index in [9.17, 15) is 0 Å². The molecule has 0 aliphatic carbocycles. The maximum atomic E-state index is 4.96. The molecule has 3 aromatic rings. The van der Waals surface area contributed by atoms with Crippen molar-refractivity contribution in [2.24, 2.45) is 4.99 Å². The highest BCUT2D eigenvalue weighted by atomic mass is 16.5. The van der Waals surface area contributed by atoms with E-state index in [1.807, 2.05) is 0 Å². The van der Waals surface area contributed by atoms with Crippen LogP contribution in [0.25, 0.3) is 10.8 Å². The minimum absolute atomic E-state index is 0.118. The van der Waals surface area contributed by atoms with Crippen molar-refractivity contribution in [3.8, 4) is 0 Å². The molecular formula is C18H21N5O. The summed E-state index contributed by atoms with van der Waals surface area (Å²) < 4.78 is 4.96. The van der Waals surface area contributed by atoms with Crippen LogP contribution in [0, 0.1) is 6.92 Å². The number of aryl methyl sites for hydroxylation is 1. The first-order valence-electron chi connectivity index (χ1n) is 7.91. The number of guanidine groups is 1. The Bertz CT molecular complexity index is 855. The predicted octanol–water partition coefficient (Wildman–Crippen LogP) is 2.96. The summed E-state index contributed by atoms with van der Waals surface area (Å²) in [6.45, 7) is 4.34. The molecule has 6 heteroatoms. The lowest BCUT2D eigenvalue weighted by atomic mass is 10.0. The molecule has 1 heterocycles. The smallest absolute Gasteiger partial charge is 0.223 e. The monoisotopic (exact) mass is 323 g/mol. The minimum atomic E-state index is 0.118. The maximum absolute atomic E-state index is 4.96. The molecule has 1 aromatic heterocycles. The fourth-order valence-corrected chi connectivity index (χ4v) is 2.54. The molecule has 0 fully saturated rings. The Labute approximate surface area is 141 Å². The molecule has 0 saturated heterocycles. The van der Waals surface area contributed by atoms with Gasteiger partial charge in [0.2, 0.25) is 5.89 Å². The molecule has 124 valence electrons. The molecule has 0 amide bonds. The molecule has 0 aliphatic heterocycles. The molecule has 24 heavy (non-hydrogen) atoms. The summed E-state index contributed by atoms with van der Waals surface area (Å²) in [5, 5.41) is 12.9. The highest BCUT2D eigenvalue weighted by molar-refractivity contribution is 5.84. The highest BCUT2D eigenvalue weighted by Gasteiger charge is 2.09. The molecular weight excluding hydrogens is 302 g/mol. The van der Waals surface area contributed by atoms with Crippen LogP contribution in [0.5, 0.6) is 0 Å². The molecule has 3 rings (SSSR count). The van der Waals surface area contributed by atoms with Crippen LogP contribution in [0.1, 0.15) is 30.2 Å². The molecule has 0 saturated carbocycles. The summed E-state index contributed by atoms with van der Waals surface area (Å²) in [6.07, 6.45) is 0. The number of fused-ring (bicyclic) bond motifs is 1. The van der Waals surface area contributed by atoms with Gasteiger partial charge in [0.15, 0.2) is 11.8 Å². The van der Waals surface area contributed by atoms with Crippen molar-refractivity contribution in [3.05, 3.63) is 59.7 Å². The van der Waals surface area contributed by atoms with Crippen LogP contribution in [0.15, 0.2) is 52.0 Å². The van der Waals surface area contributed by atoms with Crippen LogP contribution >= 0.6 is 0 Å². The van der Waals surface area contributed by atoms with Gasteiger partial charge in [-0.25, -0.2) is 0 Å². The number of nitrogens with one attached hydrogen (secondary N) is 2. The lowest BCUT2D eigenvalue weighted by molar-refractivity contribution is 0.386. The summed E-state index contributed by atoms with van der Waals surface area (Å²) in [7, 11) is 1.74. The van der Waals surface area contributed by atoms with Gasteiger partial charge in [-0.3, -0.25) is 4.99 Å². The molecule has 2 aromatic carbocycles. The topological polar surface area (TPSA) is 75.3 Å². The van der Waals surface area contributed by atoms with Crippen LogP contribution < -0.4 is 10.6 Å². The van der Waals surface area contributed by atoms with Crippen molar-refractivity contribution in [3.63, 3.8) is 0 Å². The van der Waals surface area contributed by atoms with Gasteiger partial charge in [-0.05, 0) is 29.3 Å². The Morgan fingerprint density at radius 2 is 2.00 bits per heavy atom. The lowest BCUT2D eigenvalue weighted by Crippen LogP contribution is -2.38. The Hall–Kier alpha value is -2.89. The quantitative estimate of drug-likeness (QED) is 0.570. The van der Waals surface area contributed by atoms with Crippen molar-refractivity contribution in [2.75, 3.05) is 7.05 Å². The summed E-state index contributed by atoms with van der Waals surface area (Å²) in [5.41, 5.74) is 1.20. The number of hydrogen-bond donors (Lipinski definition) is 2. The van der Waals surface area contributed by atoms with Crippen LogP contribution in [-0.2, 0) is 6.54 Å². The number of benzene rings is 2. The highest BCUT2D eigenvalue weighted by Crippen LogP contribution is 2.20. The third-order valence-electron chi connectivity index (χ3n) is 3.83. The SMILES string of the molecule is CN=C(NCc1noc(C)n1)NC(C)c1ccc2ccccc2c1. The Morgan fingerprint density at radius 3 is 2.71 bits per heavy atom. The predicted molar refractivity (Wildman–Crippen MR) is 94.7 cm³/mol. The zero-order valence-electron chi connectivity index (χ0n) is 14.1. The van der Waals surface area contributed by atoms with E-state index in [1.54, 1.807) is 14.0 Å². The molecule has 0 radical (unpaired) electrons. The van der Waals surface area contributed by atoms with E-state index in [0.29, 0.717) is 24.2 Å². The third-order valence-corrected chi connectivity index (χ3v) is 3.83. The van der Waals surface area contributed by atoms with Gasteiger partial charge in [-0.1, -0.05) is 41.6 Å². The molecule has 1 unspecified atom stereocenters. The second-order valence-corrected chi connectivity index (χ2v) is 5.63. The van der Waals surface area contributed by atoms with Gasteiger partial charge in [0.05, 0.1) is 12.6 Å². The van der Waals surface area contributed by atoms with Gasteiger partial charge in [-0.15, -0.1) is 0 Å². The zero-order chi connectivity index (χ0) is 16.9. The Morgan fingerprint density at radius 1 is 1.21 bits per heavy atom. The lowest BCUT2D eigenvalue weighted by Gasteiger charge is -2.18. The first kappa shape index (κ1) is 16.0. The molecule has 2 N–H and O–H groups in total. The van der Waals surface area contributed by atoms with Gasteiger partial charge < -0.3 is 15.2 Å². The van der Waals surface area contributed by atoms with Crippen molar-refractivity contribution in [2.45, 2.75) is 26.4 Å². The average molecular weight is 323 g/mol. The molecule has 0 bridgehead atoms. The summed E-state index contributed by atoms with van der Waals surface area (Å²) in [6, 6.07) is 14.9. The van der Waals surface area contributed by atoms with Crippen molar-refractivity contribution in [1.29, 1.82) is 0 Å². The number of rotatable bonds is 4. The first-order valence-corrected chi connectivity index (χ1v) is 7.91. The number of aromatic nitrogens is 2. The molecule has 1 atom stereocenters. The van der Waals surface area contributed by atoms with Crippen molar-refractivity contribution >= 4 is 16.7 Å². The van der Waals surface area contributed by atoms with E-state index >= 15 is 0 Å². The first-order chi connectivity index (χ1) is 11.7. The Kier molecular flexibility index (Phi) is 4.74. The minimum Gasteiger partial charge on any atom is -0.350 e. The molecule has 6 nitrogen and oxygen atoms in total.